The first-order valence-corrected chi connectivity index (χ1v) is 11.9. The fourth-order valence-corrected chi connectivity index (χ4v) is 4.53. The van der Waals surface area contributed by atoms with Crippen LogP contribution in [0.15, 0.2) is 83.9 Å². The second-order valence-corrected chi connectivity index (χ2v) is 9.89. The van der Waals surface area contributed by atoms with E-state index in [2.05, 4.69) is 50.4 Å². The lowest BCUT2D eigenvalue weighted by atomic mass is 9.86. The van der Waals surface area contributed by atoms with E-state index in [4.69, 9.17) is 9.72 Å². The molecule has 4 aromatic rings. The van der Waals surface area contributed by atoms with Gasteiger partial charge in [0.05, 0.1) is 23.4 Å². The summed E-state index contributed by atoms with van der Waals surface area (Å²) in [5, 5.41) is 4.93. The van der Waals surface area contributed by atoms with Gasteiger partial charge >= 0.3 is 0 Å². The van der Waals surface area contributed by atoms with Gasteiger partial charge in [-0.3, -0.25) is 4.79 Å². The molecule has 168 valence electrons. The van der Waals surface area contributed by atoms with Crippen LogP contribution in [0.5, 0.6) is 5.75 Å². The Balaban J connectivity index is 1.60. The lowest BCUT2D eigenvalue weighted by molar-refractivity contribution is -0.113. The molecule has 0 atom stereocenters. The Labute approximate surface area is 199 Å². The second kappa shape index (κ2) is 9.67. The maximum absolute atomic E-state index is 12.8. The molecule has 0 bridgehead atoms. The zero-order chi connectivity index (χ0) is 23.4. The number of methoxy groups -OCH3 is 1. The minimum atomic E-state index is -0.0550. The molecule has 5 heteroatoms. The molecule has 0 radical (unpaired) electrons. The number of nitrogens with zero attached hydrogens (tertiary/aromatic N) is 1. The van der Waals surface area contributed by atoms with E-state index in [1.54, 1.807) is 7.11 Å². The number of amides is 1. The number of pyridine rings is 1. The predicted octanol–water partition coefficient (Wildman–Crippen LogP) is 6.94. The highest BCUT2D eigenvalue weighted by Gasteiger charge is 2.19. The van der Waals surface area contributed by atoms with Crippen molar-refractivity contribution >= 4 is 34.3 Å². The molecular formula is C28H28N2O2S. The topological polar surface area (TPSA) is 51.2 Å². The molecule has 4 nitrogen and oxygen atoms in total. The summed E-state index contributed by atoms with van der Waals surface area (Å²) < 4.78 is 5.40. The van der Waals surface area contributed by atoms with Crippen molar-refractivity contribution in [3.8, 4) is 16.9 Å². The molecular weight excluding hydrogens is 428 g/mol. The summed E-state index contributed by atoms with van der Waals surface area (Å²) in [4.78, 5) is 17.6. The summed E-state index contributed by atoms with van der Waals surface area (Å²) in [5.41, 5.74) is 4.96. The van der Waals surface area contributed by atoms with Gasteiger partial charge in [0.1, 0.15) is 5.75 Å². The van der Waals surface area contributed by atoms with E-state index in [1.807, 2.05) is 54.6 Å². The highest BCUT2D eigenvalue weighted by molar-refractivity contribution is 7.99. The molecule has 0 saturated carbocycles. The van der Waals surface area contributed by atoms with Crippen LogP contribution in [0.4, 0.5) is 5.69 Å². The third-order valence-electron chi connectivity index (χ3n) is 5.44. The zero-order valence-corrected chi connectivity index (χ0v) is 20.2. The summed E-state index contributed by atoms with van der Waals surface area (Å²) in [6, 6.07) is 26.2. The number of thioether (sulfide) groups is 1. The third kappa shape index (κ3) is 5.37. The molecule has 0 unspecified atom stereocenters. The minimum absolute atomic E-state index is 0.0505. The number of hydrogen-bond donors (Lipinski definition) is 1. The summed E-state index contributed by atoms with van der Waals surface area (Å²) in [5.74, 6) is 0.980. The molecule has 1 amide bonds. The number of nitrogens with one attached hydrogen (secondary N) is 1. The minimum Gasteiger partial charge on any atom is -0.497 e. The van der Waals surface area contributed by atoms with Crippen LogP contribution in [0.25, 0.3) is 22.0 Å². The van der Waals surface area contributed by atoms with E-state index >= 15 is 0 Å². The van der Waals surface area contributed by atoms with Crippen molar-refractivity contribution in [2.45, 2.75) is 31.2 Å². The van der Waals surface area contributed by atoms with Gasteiger partial charge in [0.2, 0.25) is 5.91 Å². The number of rotatable bonds is 6. The van der Waals surface area contributed by atoms with Gasteiger partial charge in [-0.05, 0) is 46.4 Å². The number of para-hydroxylation sites is 1. The van der Waals surface area contributed by atoms with Gasteiger partial charge in [0.15, 0.2) is 0 Å². The van der Waals surface area contributed by atoms with E-state index in [0.717, 1.165) is 44.1 Å². The Morgan fingerprint density at radius 2 is 1.70 bits per heavy atom. The van der Waals surface area contributed by atoms with Crippen molar-refractivity contribution in [3.05, 3.63) is 84.4 Å². The van der Waals surface area contributed by atoms with Crippen LogP contribution in [-0.2, 0) is 10.2 Å². The molecule has 0 aliphatic heterocycles. The average molecular weight is 457 g/mol. The molecule has 1 aromatic heterocycles. The van der Waals surface area contributed by atoms with Crippen LogP contribution >= 0.6 is 11.8 Å². The fourth-order valence-electron chi connectivity index (χ4n) is 3.81. The largest absolute Gasteiger partial charge is 0.497 e. The molecule has 0 fully saturated rings. The Hall–Kier alpha value is -3.31. The van der Waals surface area contributed by atoms with Crippen LogP contribution in [0.2, 0.25) is 0 Å². The number of hydrogen-bond acceptors (Lipinski definition) is 4. The number of fused-ring (bicyclic) bond motifs is 1. The Morgan fingerprint density at radius 1 is 0.970 bits per heavy atom. The van der Waals surface area contributed by atoms with Crippen molar-refractivity contribution in [2.75, 3.05) is 18.2 Å². The van der Waals surface area contributed by atoms with Crippen LogP contribution < -0.4 is 10.1 Å². The number of ether oxygens (including phenoxy) is 1. The van der Waals surface area contributed by atoms with Gasteiger partial charge in [0.25, 0.3) is 0 Å². The zero-order valence-electron chi connectivity index (χ0n) is 19.4. The Kier molecular flexibility index (Phi) is 6.70. The quantitative estimate of drug-likeness (QED) is 0.319. The lowest BCUT2D eigenvalue weighted by Crippen LogP contribution is -2.19. The van der Waals surface area contributed by atoms with Gasteiger partial charge in [-0.1, -0.05) is 81.1 Å². The number of benzene rings is 3. The van der Waals surface area contributed by atoms with Gasteiger partial charge in [-0.2, -0.15) is 0 Å². The first-order valence-electron chi connectivity index (χ1n) is 10.9. The van der Waals surface area contributed by atoms with E-state index in [1.165, 1.54) is 11.8 Å². The van der Waals surface area contributed by atoms with Gasteiger partial charge in [-0.15, -0.1) is 0 Å². The van der Waals surface area contributed by atoms with Crippen molar-refractivity contribution < 1.29 is 9.53 Å². The van der Waals surface area contributed by atoms with Crippen molar-refractivity contribution in [1.82, 2.24) is 4.98 Å². The summed E-state index contributed by atoms with van der Waals surface area (Å²) in [6.45, 7) is 6.43. The third-order valence-corrected chi connectivity index (χ3v) is 6.35. The van der Waals surface area contributed by atoms with Crippen molar-refractivity contribution in [3.63, 3.8) is 0 Å². The van der Waals surface area contributed by atoms with E-state index in [0.29, 0.717) is 0 Å². The summed E-state index contributed by atoms with van der Waals surface area (Å²) in [6.07, 6.45) is 0. The highest BCUT2D eigenvalue weighted by atomic mass is 32.2. The first-order chi connectivity index (χ1) is 15.8. The van der Waals surface area contributed by atoms with Crippen molar-refractivity contribution in [2.24, 2.45) is 0 Å². The smallest absolute Gasteiger partial charge is 0.234 e. The molecule has 0 spiro atoms. The molecule has 0 aliphatic rings. The molecule has 1 N–H and O–H groups in total. The normalized spacial score (nSPS) is 11.4. The molecule has 4 rings (SSSR count). The summed E-state index contributed by atoms with van der Waals surface area (Å²) in [7, 11) is 1.65. The molecule has 0 saturated heterocycles. The predicted molar refractivity (Wildman–Crippen MR) is 138 cm³/mol. The lowest BCUT2D eigenvalue weighted by Gasteiger charge is -2.23. The average Bonchev–Trinajstić information content (AvgIpc) is 2.82. The van der Waals surface area contributed by atoms with Crippen molar-refractivity contribution in [1.29, 1.82) is 0 Å². The monoisotopic (exact) mass is 456 g/mol. The van der Waals surface area contributed by atoms with Crippen LogP contribution in [-0.4, -0.2) is 23.8 Å². The van der Waals surface area contributed by atoms with Crippen LogP contribution in [0, 0.1) is 0 Å². The van der Waals surface area contributed by atoms with E-state index < -0.39 is 0 Å². The highest BCUT2D eigenvalue weighted by Crippen LogP contribution is 2.34. The fraction of sp³-hybridized carbons (Fsp3) is 0.214. The first kappa shape index (κ1) is 22.9. The maximum Gasteiger partial charge on any atom is 0.234 e. The molecule has 1 heterocycles. The maximum atomic E-state index is 12.8. The Morgan fingerprint density at radius 3 is 2.42 bits per heavy atom. The number of anilines is 1. The van der Waals surface area contributed by atoms with E-state index in [-0.39, 0.29) is 17.1 Å². The van der Waals surface area contributed by atoms with Gasteiger partial charge < -0.3 is 10.1 Å². The van der Waals surface area contributed by atoms with Gasteiger partial charge in [-0.25, -0.2) is 4.98 Å². The van der Waals surface area contributed by atoms with E-state index in [9.17, 15) is 4.79 Å². The Bertz CT molecular complexity index is 1280. The number of carbonyl (C=O) groups excluding carboxylic acids is 1. The molecule has 0 aliphatic carbocycles. The standard InChI is InChI=1S/C28H28N2O2S/c1-28(2,3)23-12-8-9-13-24(23)29-26(31)18-33-27-17-22(19-10-6-5-7-11-19)21-15-14-20(32-4)16-25(21)30-27/h5-17H,18H2,1-4H3,(H,29,31). The van der Waals surface area contributed by atoms with Crippen LogP contribution in [0.3, 0.4) is 0 Å². The molecule has 33 heavy (non-hydrogen) atoms. The SMILES string of the molecule is COc1ccc2c(-c3ccccc3)cc(SCC(=O)Nc3ccccc3C(C)(C)C)nc2c1. The van der Waals surface area contributed by atoms with Crippen LogP contribution in [0.1, 0.15) is 26.3 Å². The summed E-state index contributed by atoms with van der Waals surface area (Å²) >= 11 is 1.43. The molecule has 3 aromatic carbocycles. The second-order valence-electron chi connectivity index (χ2n) is 8.89. The van der Waals surface area contributed by atoms with Gasteiger partial charge in [0, 0.05) is 17.1 Å². The number of carbonyl (C=O) groups is 1. The number of aromatic nitrogens is 1.